The van der Waals surface area contributed by atoms with Crippen LogP contribution in [0.3, 0.4) is 0 Å². The lowest BCUT2D eigenvalue weighted by Gasteiger charge is -2.07. The Morgan fingerprint density at radius 2 is 1.70 bits per heavy atom. The van der Waals surface area contributed by atoms with Crippen molar-refractivity contribution in [1.29, 1.82) is 0 Å². The molecule has 0 aliphatic rings. The molecule has 0 fully saturated rings. The molecule has 27 heavy (non-hydrogen) atoms. The molecule has 2 aromatic carbocycles. The van der Waals surface area contributed by atoms with Gasteiger partial charge in [0.25, 0.3) is 11.1 Å². The third kappa shape index (κ3) is 2.91. The summed E-state index contributed by atoms with van der Waals surface area (Å²) in [4.78, 5) is 32.3. The number of hydrogen-bond acceptors (Lipinski definition) is 3. The summed E-state index contributed by atoms with van der Waals surface area (Å²) >= 11 is 0. The summed E-state index contributed by atoms with van der Waals surface area (Å²) in [6, 6.07) is 18.7. The normalized spacial score (nSPS) is 11.5. The van der Waals surface area contributed by atoms with Gasteiger partial charge in [0.2, 0.25) is 0 Å². The van der Waals surface area contributed by atoms with E-state index < -0.39 is 0 Å². The maximum atomic E-state index is 12.9. The Labute approximate surface area is 155 Å². The number of rotatable bonds is 3. The Kier molecular flexibility index (Phi) is 4.08. The Balaban J connectivity index is 1.81. The van der Waals surface area contributed by atoms with Crippen LogP contribution in [-0.2, 0) is 7.05 Å². The lowest BCUT2D eigenvalue weighted by molar-refractivity contribution is 0.630. The van der Waals surface area contributed by atoms with Crippen LogP contribution in [0.2, 0.25) is 0 Å². The molecule has 0 saturated heterocycles. The molecule has 0 bridgehead atoms. The van der Waals surface area contributed by atoms with E-state index in [1.807, 2.05) is 68.6 Å². The fourth-order valence-corrected chi connectivity index (χ4v) is 3.10. The standard InChI is InChI=1S/C21H18N4O2/c1-14-19(21(27)25(24(14)2)17-9-4-3-5-10-17)22-13-16-12-15-8-6-7-11-18(15)23-20(16)26/h3-13H,1-2H3,(H,23,26). The highest BCUT2D eigenvalue weighted by atomic mass is 16.1. The molecule has 0 amide bonds. The van der Waals surface area contributed by atoms with Crippen molar-refractivity contribution < 1.29 is 0 Å². The number of aromatic nitrogens is 3. The Morgan fingerprint density at radius 1 is 1.00 bits per heavy atom. The Bertz CT molecular complexity index is 1280. The first kappa shape index (κ1) is 16.8. The van der Waals surface area contributed by atoms with Crippen molar-refractivity contribution in [2.75, 3.05) is 0 Å². The highest BCUT2D eigenvalue weighted by Crippen LogP contribution is 2.17. The molecule has 4 rings (SSSR count). The number of para-hydroxylation sites is 2. The summed E-state index contributed by atoms with van der Waals surface area (Å²) in [7, 11) is 1.81. The van der Waals surface area contributed by atoms with Gasteiger partial charge in [-0.3, -0.25) is 14.3 Å². The molecule has 134 valence electrons. The third-order valence-corrected chi connectivity index (χ3v) is 4.64. The van der Waals surface area contributed by atoms with Crippen LogP contribution in [0.1, 0.15) is 11.3 Å². The van der Waals surface area contributed by atoms with E-state index in [-0.39, 0.29) is 11.1 Å². The van der Waals surface area contributed by atoms with Crippen LogP contribution < -0.4 is 11.1 Å². The van der Waals surface area contributed by atoms with Gasteiger partial charge in [-0.25, -0.2) is 9.67 Å². The fraction of sp³-hybridized carbons (Fsp3) is 0.0952. The minimum atomic E-state index is -0.241. The smallest absolute Gasteiger partial charge is 0.297 e. The minimum absolute atomic E-state index is 0.227. The van der Waals surface area contributed by atoms with Crippen molar-refractivity contribution in [2.45, 2.75) is 6.92 Å². The highest BCUT2D eigenvalue weighted by molar-refractivity contribution is 5.88. The van der Waals surface area contributed by atoms with Crippen molar-refractivity contribution in [3.8, 4) is 5.69 Å². The summed E-state index contributed by atoms with van der Waals surface area (Å²) in [5, 5.41) is 0.907. The number of hydrogen-bond donors (Lipinski definition) is 1. The lowest BCUT2D eigenvalue weighted by Crippen LogP contribution is -2.19. The van der Waals surface area contributed by atoms with Crippen LogP contribution >= 0.6 is 0 Å². The molecule has 6 heteroatoms. The Hall–Kier alpha value is -3.67. The van der Waals surface area contributed by atoms with E-state index in [1.54, 1.807) is 15.4 Å². The molecule has 4 aromatic rings. The van der Waals surface area contributed by atoms with Gasteiger partial charge in [-0.05, 0) is 36.6 Å². The molecule has 0 spiro atoms. The summed E-state index contributed by atoms with van der Waals surface area (Å²) in [5.41, 5.74) is 2.50. The van der Waals surface area contributed by atoms with Crippen molar-refractivity contribution in [3.05, 3.63) is 92.6 Å². The average Bonchev–Trinajstić information content (AvgIpc) is 2.89. The van der Waals surface area contributed by atoms with Crippen LogP contribution in [0.5, 0.6) is 0 Å². The predicted octanol–water partition coefficient (Wildman–Crippen LogP) is 3.08. The fourth-order valence-electron chi connectivity index (χ4n) is 3.10. The number of nitrogens with zero attached hydrogens (tertiary/aromatic N) is 3. The van der Waals surface area contributed by atoms with Crippen LogP contribution in [0, 0.1) is 6.92 Å². The van der Waals surface area contributed by atoms with Crippen molar-refractivity contribution in [3.63, 3.8) is 0 Å². The second kappa shape index (κ2) is 6.57. The molecule has 0 atom stereocenters. The molecule has 0 aliphatic carbocycles. The van der Waals surface area contributed by atoms with Gasteiger partial charge in [-0.1, -0.05) is 36.4 Å². The third-order valence-electron chi connectivity index (χ3n) is 4.64. The average molecular weight is 358 g/mol. The minimum Gasteiger partial charge on any atom is -0.321 e. The predicted molar refractivity (Wildman–Crippen MR) is 108 cm³/mol. The van der Waals surface area contributed by atoms with Crippen LogP contribution in [0.15, 0.2) is 75.2 Å². The summed E-state index contributed by atoms with van der Waals surface area (Å²) in [6.45, 7) is 1.83. The summed E-state index contributed by atoms with van der Waals surface area (Å²) in [5.74, 6) is 0. The topological polar surface area (TPSA) is 72.2 Å². The first-order valence-electron chi connectivity index (χ1n) is 8.56. The second-order valence-electron chi connectivity index (χ2n) is 6.31. The second-order valence-corrected chi connectivity index (χ2v) is 6.31. The van der Waals surface area contributed by atoms with Crippen LogP contribution in [-0.4, -0.2) is 20.6 Å². The SMILES string of the molecule is Cc1c(N=Cc2cc3ccccc3[nH]c2=O)c(=O)n(-c2ccccc2)n1C. The van der Waals surface area contributed by atoms with E-state index in [0.717, 1.165) is 22.3 Å². The number of benzene rings is 2. The molecule has 0 unspecified atom stereocenters. The van der Waals surface area contributed by atoms with Crippen molar-refractivity contribution in [2.24, 2.45) is 12.0 Å². The van der Waals surface area contributed by atoms with Gasteiger partial charge in [0.15, 0.2) is 5.69 Å². The van der Waals surface area contributed by atoms with Crippen LogP contribution in [0.4, 0.5) is 5.69 Å². The molecule has 0 radical (unpaired) electrons. The van der Waals surface area contributed by atoms with E-state index >= 15 is 0 Å². The van der Waals surface area contributed by atoms with Gasteiger partial charge in [-0.2, -0.15) is 0 Å². The molecule has 2 heterocycles. The molecular weight excluding hydrogens is 340 g/mol. The van der Waals surface area contributed by atoms with Crippen LogP contribution in [0.25, 0.3) is 16.6 Å². The number of aliphatic imine (C=N–C) groups is 1. The van der Waals surface area contributed by atoms with E-state index in [1.165, 1.54) is 6.21 Å². The van der Waals surface area contributed by atoms with Gasteiger partial charge in [0, 0.05) is 18.8 Å². The molecular formula is C21H18N4O2. The van der Waals surface area contributed by atoms with Gasteiger partial charge in [0.05, 0.1) is 16.9 Å². The van der Waals surface area contributed by atoms with Gasteiger partial charge in [0.1, 0.15) is 0 Å². The van der Waals surface area contributed by atoms with E-state index in [9.17, 15) is 9.59 Å². The number of nitrogens with one attached hydrogen (secondary N) is 1. The van der Waals surface area contributed by atoms with E-state index in [0.29, 0.717) is 11.3 Å². The zero-order chi connectivity index (χ0) is 19.0. The van der Waals surface area contributed by atoms with Crippen molar-refractivity contribution in [1.82, 2.24) is 14.3 Å². The molecule has 0 saturated carbocycles. The van der Waals surface area contributed by atoms with E-state index in [2.05, 4.69) is 9.98 Å². The molecule has 2 aromatic heterocycles. The maximum Gasteiger partial charge on any atom is 0.297 e. The largest absolute Gasteiger partial charge is 0.321 e. The quantitative estimate of drug-likeness (QED) is 0.572. The summed E-state index contributed by atoms with van der Waals surface area (Å²) < 4.78 is 3.32. The zero-order valence-corrected chi connectivity index (χ0v) is 15.0. The molecule has 1 N–H and O–H groups in total. The van der Waals surface area contributed by atoms with Gasteiger partial charge in [-0.15, -0.1) is 0 Å². The first-order valence-corrected chi connectivity index (χ1v) is 8.56. The molecule has 6 nitrogen and oxygen atoms in total. The number of fused-ring (bicyclic) bond motifs is 1. The number of pyridine rings is 1. The van der Waals surface area contributed by atoms with Gasteiger partial charge >= 0.3 is 0 Å². The Morgan fingerprint density at radius 3 is 2.48 bits per heavy atom. The lowest BCUT2D eigenvalue weighted by atomic mass is 10.2. The van der Waals surface area contributed by atoms with E-state index in [4.69, 9.17) is 0 Å². The maximum absolute atomic E-state index is 12.9. The first-order chi connectivity index (χ1) is 13.1. The number of H-pyrrole nitrogens is 1. The summed E-state index contributed by atoms with van der Waals surface area (Å²) in [6.07, 6.45) is 1.45. The van der Waals surface area contributed by atoms with Gasteiger partial charge < -0.3 is 4.98 Å². The van der Waals surface area contributed by atoms with Crippen molar-refractivity contribution >= 4 is 22.8 Å². The monoisotopic (exact) mass is 358 g/mol. The number of aromatic amines is 1. The highest BCUT2D eigenvalue weighted by Gasteiger charge is 2.15. The zero-order valence-electron chi connectivity index (χ0n) is 15.0. The molecule has 0 aliphatic heterocycles.